The largest absolute Gasteiger partial charge is 0.462 e. The minimum Gasteiger partial charge on any atom is -0.462 e. The molecular weight excluding hydrogens is 296 g/mol. The lowest BCUT2D eigenvalue weighted by molar-refractivity contribution is -0.157. The van der Waals surface area contributed by atoms with E-state index in [2.05, 4.69) is 13.8 Å². The summed E-state index contributed by atoms with van der Waals surface area (Å²) in [5.41, 5.74) is 0. The van der Waals surface area contributed by atoms with Gasteiger partial charge < -0.3 is 4.74 Å². The molecule has 140 valence electrons. The fraction of sp³-hybridized carbons (Fsp3) is 0.955. The van der Waals surface area contributed by atoms with Crippen molar-refractivity contribution in [3.63, 3.8) is 0 Å². The van der Waals surface area contributed by atoms with Gasteiger partial charge in [0.1, 0.15) is 6.10 Å². The Morgan fingerprint density at radius 2 is 1.29 bits per heavy atom. The van der Waals surface area contributed by atoms with Gasteiger partial charge in [0.15, 0.2) is 0 Å². The third kappa shape index (κ3) is 6.76. The molecule has 0 heterocycles. The highest BCUT2D eigenvalue weighted by Crippen LogP contribution is 2.34. The van der Waals surface area contributed by atoms with Gasteiger partial charge in [-0.3, -0.25) is 4.79 Å². The molecule has 0 N–H and O–H groups in total. The van der Waals surface area contributed by atoms with Crippen LogP contribution in [-0.2, 0) is 9.53 Å². The van der Waals surface area contributed by atoms with Crippen molar-refractivity contribution in [2.75, 3.05) is 0 Å². The molecule has 0 saturated heterocycles. The van der Waals surface area contributed by atoms with E-state index in [4.69, 9.17) is 4.74 Å². The number of rotatable bonds is 9. The van der Waals surface area contributed by atoms with Gasteiger partial charge in [-0.2, -0.15) is 0 Å². The van der Waals surface area contributed by atoms with E-state index >= 15 is 0 Å². The smallest absolute Gasteiger partial charge is 0.309 e. The van der Waals surface area contributed by atoms with Crippen LogP contribution in [0.5, 0.6) is 0 Å². The lowest BCUT2D eigenvalue weighted by Crippen LogP contribution is -2.30. The highest BCUT2D eigenvalue weighted by Gasteiger charge is 2.30. The van der Waals surface area contributed by atoms with Crippen molar-refractivity contribution in [1.82, 2.24) is 0 Å². The molecule has 2 rings (SSSR count). The first-order valence-electron chi connectivity index (χ1n) is 10.9. The molecule has 0 unspecified atom stereocenters. The Morgan fingerprint density at radius 3 is 1.88 bits per heavy atom. The van der Waals surface area contributed by atoms with Crippen molar-refractivity contribution in [2.24, 2.45) is 17.8 Å². The first kappa shape index (κ1) is 19.8. The predicted octanol–water partition coefficient (Wildman–Crippen LogP) is 6.67. The Labute approximate surface area is 150 Å². The van der Waals surface area contributed by atoms with E-state index in [1.807, 2.05) is 0 Å². The fourth-order valence-electron chi connectivity index (χ4n) is 4.66. The summed E-state index contributed by atoms with van der Waals surface area (Å²) in [6, 6.07) is 0. The van der Waals surface area contributed by atoms with Gasteiger partial charge in [0.05, 0.1) is 5.92 Å². The average Bonchev–Trinajstić information content (AvgIpc) is 2.62. The highest BCUT2D eigenvalue weighted by molar-refractivity contribution is 5.72. The third-order valence-electron chi connectivity index (χ3n) is 6.44. The van der Waals surface area contributed by atoms with Gasteiger partial charge in [0, 0.05) is 0 Å². The lowest BCUT2D eigenvalue weighted by atomic mass is 9.79. The first-order chi connectivity index (χ1) is 11.7. The van der Waals surface area contributed by atoms with Crippen LogP contribution in [0.15, 0.2) is 0 Å². The summed E-state index contributed by atoms with van der Waals surface area (Å²) in [7, 11) is 0. The van der Waals surface area contributed by atoms with E-state index in [-0.39, 0.29) is 18.0 Å². The monoisotopic (exact) mass is 336 g/mol. The number of unbranched alkanes of at least 4 members (excludes halogenated alkanes) is 3. The number of ether oxygens (including phenoxy) is 1. The number of hydrogen-bond acceptors (Lipinski definition) is 2. The second kappa shape index (κ2) is 11.2. The molecular formula is C22H40O2. The van der Waals surface area contributed by atoms with Gasteiger partial charge in [0.25, 0.3) is 0 Å². The summed E-state index contributed by atoms with van der Waals surface area (Å²) in [4.78, 5) is 12.5. The molecule has 2 aliphatic carbocycles. The number of hydrogen-bond donors (Lipinski definition) is 0. The summed E-state index contributed by atoms with van der Waals surface area (Å²) >= 11 is 0. The van der Waals surface area contributed by atoms with Gasteiger partial charge in [-0.1, -0.05) is 58.8 Å². The van der Waals surface area contributed by atoms with Crippen molar-refractivity contribution in [3.05, 3.63) is 0 Å². The van der Waals surface area contributed by atoms with Crippen LogP contribution in [-0.4, -0.2) is 12.1 Å². The molecule has 0 bridgehead atoms. The molecule has 2 nitrogen and oxygen atoms in total. The molecule has 24 heavy (non-hydrogen) atoms. The second-order valence-electron chi connectivity index (χ2n) is 8.44. The van der Waals surface area contributed by atoms with E-state index in [1.165, 1.54) is 70.6 Å². The normalized spacial score (nSPS) is 30.9. The van der Waals surface area contributed by atoms with E-state index < -0.39 is 0 Å². The molecule has 0 aromatic heterocycles. The van der Waals surface area contributed by atoms with Crippen molar-refractivity contribution in [1.29, 1.82) is 0 Å². The highest BCUT2D eigenvalue weighted by atomic mass is 16.5. The SMILES string of the molecule is CCCCCC1CCC(OC(=O)C2CCC(CCCC)CC2)CC1. The minimum absolute atomic E-state index is 0.123. The standard InChI is InChI=1S/C22H40O2/c1-3-5-7-9-19-12-16-21(17-13-19)24-22(23)20-14-10-18(11-15-20)8-6-4-2/h18-21H,3-17H2,1-2H3. The van der Waals surface area contributed by atoms with Crippen LogP contribution in [0, 0.1) is 17.8 Å². The zero-order chi connectivity index (χ0) is 17.2. The van der Waals surface area contributed by atoms with Gasteiger partial charge in [-0.15, -0.1) is 0 Å². The Balaban J connectivity index is 1.60. The molecule has 2 saturated carbocycles. The molecule has 0 amide bonds. The Bertz CT molecular complexity index is 336. The lowest BCUT2D eigenvalue weighted by Gasteiger charge is -2.31. The van der Waals surface area contributed by atoms with Crippen molar-refractivity contribution in [3.8, 4) is 0 Å². The van der Waals surface area contributed by atoms with Crippen LogP contribution in [0.2, 0.25) is 0 Å². The van der Waals surface area contributed by atoms with Gasteiger partial charge in [-0.25, -0.2) is 0 Å². The van der Waals surface area contributed by atoms with Crippen LogP contribution < -0.4 is 0 Å². The van der Waals surface area contributed by atoms with E-state index in [0.29, 0.717) is 0 Å². The topological polar surface area (TPSA) is 26.3 Å². The summed E-state index contributed by atoms with van der Waals surface area (Å²) in [6.07, 6.45) is 19.0. The molecule has 0 radical (unpaired) electrons. The van der Waals surface area contributed by atoms with Crippen molar-refractivity contribution in [2.45, 2.75) is 116 Å². The van der Waals surface area contributed by atoms with Gasteiger partial charge in [-0.05, 0) is 63.2 Å². The van der Waals surface area contributed by atoms with E-state index in [9.17, 15) is 4.79 Å². The fourth-order valence-corrected chi connectivity index (χ4v) is 4.66. The Kier molecular flexibility index (Phi) is 9.20. The minimum atomic E-state index is 0.123. The molecule has 0 atom stereocenters. The summed E-state index contributed by atoms with van der Waals surface area (Å²) in [6.45, 7) is 4.54. The summed E-state index contributed by atoms with van der Waals surface area (Å²) in [5.74, 6) is 2.08. The van der Waals surface area contributed by atoms with Crippen LogP contribution in [0.25, 0.3) is 0 Å². The molecule has 2 heteroatoms. The Hall–Kier alpha value is -0.530. The number of esters is 1. The maximum Gasteiger partial charge on any atom is 0.309 e. The van der Waals surface area contributed by atoms with Gasteiger partial charge >= 0.3 is 5.97 Å². The maximum atomic E-state index is 12.5. The quantitative estimate of drug-likeness (QED) is 0.347. The molecule has 2 fully saturated rings. The maximum absolute atomic E-state index is 12.5. The predicted molar refractivity (Wildman–Crippen MR) is 101 cm³/mol. The molecule has 2 aliphatic rings. The molecule has 0 spiro atoms. The van der Waals surface area contributed by atoms with Crippen LogP contribution in [0.1, 0.15) is 110 Å². The Morgan fingerprint density at radius 1 is 0.750 bits per heavy atom. The number of carbonyl (C=O) groups is 1. The van der Waals surface area contributed by atoms with E-state index in [0.717, 1.165) is 37.5 Å². The molecule has 0 aromatic rings. The second-order valence-corrected chi connectivity index (χ2v) is 8.44. The van der Waals surface area contributed by atoms with Crippen LogP contribution in [0.4, 0.5) is 0 Å². The average molecular weight is 337 g/mol. The zero-order valence-corrected chi connectivity index (χ0v) is 16.2. The number of carbonyl (C=O) groups excluding carboxylic acids is 1. The van der Waals surface area contributed by atoms with Crippen LogP contribution in [0.3, 0.4) is 0 Å². The third-order valence-corrected chi connectivity index (χ3v) is 6.44. The van der Waals surface area contributed by atoms with Crippen molar-refractivity contribution >= 4 is 5.97 Å². The van der Waals surface area contributed by atoms with Crippen molar-refractivity contribution < 1.29 is 9.53 Å². The summed E-state index contributed by atoms with van der Waals surface area (Å²) < 4.78 is 5.88. The van der Waals surface area contributed by atoms with E-state index in [1.54, 1.807) is 0 Å². The zero-order valence-electron chi connectivity index (χ0n) is 16.2. The first-order valence-corrected chi connectivity index (χ1v) is 10.9. The molecule has 0 aliphatic heterocycles. The molecule has 0 aromatic carbocycles. The van der Waals surface area contributed by atoms with Crippen LogP contribution >= 0.6 is 0 Å². The summed E-state index contributed by atoms with van der Waals surface area (Å²) in [5, 5.41) is 0. The van der Waals surface area contributed by atoms with Gasteiger partial charge in [0.2, 0.25) is 0 Å².